The van der Waals surface area contributed by atoms with Crippen molar-refractivity contribution in [3.05, 3.63) is 42.6 Å². The van der Waals surface area contributed by atoms with Crippen molar-refractivity contribution in [2.75, 3.05) is 0 Å². The van der Waals surface area contributed by atoms with Gasteiger partial charge in [-0.05, 0) is 18.6 Å². The van der Waals surface area contributed by atoms with Gasteiger partial charge in [0.2, 0.25) is 11.4 Å². The number of para-hydroxylation sites is 1. The number of benzene rings is 1. The Balaban J connectivity index is 0.000000668. The number of pyridine rings is 1. The number of carbonyl (C=O) groups excluding carboxylic acids is 1. The number of nitrogens with two attached hydrogens (primary N) is 1. The molecule has 1 aromatic heterocycles. The highest BCUT2D eigenvalue weighted by Gasteiger charge is 1.99. The van der Waals surface area contributed by atoms with Gasteiger partial charge in [-0.1, -0.05) is 109 Å². The maximum absolute atomic E-state index is 10.6. The van der Waals surface area contributed by atoms with E-state index in [1.165, 1.54) is 101 Å². The molecule has 1 amide bonds. The average molecular weight is 463 g/mol. The molecule has 0 aliphatic heterocycles. The molecule has 0 spiro atoms. The minimum atomic E-state index is -0.153. The lowest BCUT2D eigenvalue weighted by Gasteiger charge is -2.03. The van der Waals surface area contributed by atoms with Gasteiger partial charge in [0.1, 0.15) is 7.05 Å². The van der Waals surface area contributed by atoms with Gasteiger partial charge < -0.3 is 18.1 Å². The summed E-state index contributed by atoms with van der Waals surface area (Å²) < 4.78 is 2.12. The van der Waals surface area contributed by atoms with Crippen molar-refractivity contribution in [1.29, 1.82) is 0 Å². The van der Waals surface area contributed by atoms with Gasteiger partial charge in [0.15, 0.2) is 6.20 Å². The van der Waals surface area contributed by atoms with Gasteiger partial charge in [-0.3, -0.25) is 4.79 Å². The maximum Gasteiger partial charge on any atom is 0.217 e. The first kappa shape index (κ1) is 30.4. The molecule has 182 valence electrons. The summed E-state index contributed by atoms with van der Waals surface area (Å²) in [4.78, 5) is 10.6. The molecular formula is C28H47ClN2O. The van der Waals surface area contributed by atoms with Crippen LogP contribution in [0.25, 0.3) is 10.9 Å². The molecule has 0 atom stereocenters. The van der Waals surface area contributed by atoms with Gasteiger partial charge >= 0.3 is 0 Å². The third-order valence-electron chi connectivity index (χ3n) is 5.93. The van der Waals surface area contributed by atoms with E-state index < -0.39 is 0 Å². The number of nitrogens with zero attached hydrogens (tertiary/aromatic N) is 1. The molecule has 0 saturated carbocycles. The highest BCUT2D eigenvalue weighted by Crippen LogP contribution is 2.13. The van der Waals surface area contributed by atoms with Gasteiger partial charge in [-0.15, -0.1) is 0 Å². The number of unbranched alkanes of at least 4 members (excludes halogenated alkanes) is 14. The third-order valence-corrected chi connectivity index (χ3v) is 5.93. The number of aryl methyl sites for hydroxylation is 1. The van der Waals surface area contributed by atoms with E-state index in [2.05, 4.69) is 61.1 Å². The molecule has 0 fully saturated rings. The topological polar surface area (TPSA) is 47.0 Å². The van der Waals surface area contributed by atoms with Crippen molar-refractivity contribution < 1.29 is 21.8 Å². The summed E-state index contributed by atoms with van der Waals surface area (Å²) in [6.45, 7) is 2.28. The SMILES string of the molecule is CCCCCCCCCCCCCCCCCC(N)=O.C[n+]1cccc2ccccc21.[Cl-]. The molecule has 2 rings (SSSR count). The predicted octanol–water partition coefficient (Wildman–Crippen LogP) is 4.40. The van der Waals surface area contributed by atoms with E-state index in [1.807, 2.05) is 0 Å². The number of halogens is 1. The van der Waals surface area contributed by atoms with Crippen molar-refractivity contribution in [1.82, 2.24) is 0 Å². The molecule has 0 aliphatic rings. The van der Waals surface area contributed by atoms with Crippen LogP contribution in [-0.4, -0.2) is 5.91 Å². The number of hydrogen-bond acceptors (Lipinski definition) is 1. The zero-order chi connectivity index (χ0) is 22.6. The van der Waals surface area contributed by atoms with Gasteiger partial charge in [0, 0.05) is 23.9 Å². The average Bonchev–Trinajstić information content (AvgIpc) is 2.77. The molecule has 0 bridgehead atoms. The van der Waals surface area contributed by atoms with Gasteiger partial charge in [0.05, 0.1) is 0 Å². The van der Waals surface area contributed by atoms with Crippen LogP contribution in [0.15, 0.2) is 42.6 Å². The van der Waals surface area contributed by atoms with Gasteiger partial charge in [0.25, 0.3) is 0 Å². The van der Waals surface area contributed by atoms with Gasteiger partial charge in [-0.25, -0.2) is 4.57 Å². The molecule has 0 aliphatic carbocycles. The van der Waals surface area contributed by atoms with E-state index >= 15 is 0 Å². The standard InChI is InChI=1S/C18H37NO.C10H10N.ClH/c1-2-3-4-5-6-7-8-9-10-11-12-13-14-15-16-17-18(19)20;1-11-8-4-6-9-5-2-3-7-10(9)11;/h2-17H2,1H3,(H2,19,20);2-8H,1H3;1H/q;+1;/p-1. The lowest BCUT2D eigenvalue weighted by atomic mass is 10.0. The molecule has 0 unspecified atom stereocenters. The number of amides is 1. The number of carbonyl (C=O) groups is 1. The second-order valence-corrected chi connectivity index (χ2v) is 8.84. The summed E-state index contributed by atoms with van der Waals surface area (Å²) >= 11 is 0. The fourth-order valence-electron chi connectivity index (χ4n) is 3.98. The summed E-state index contributed by atoms with van der Waals surface area (Å²) in [6.07, 6.45) is 22.9. The van der Waals surface area contributed by atoms with E-state index in [9.17, 15) is 4.79 Å². The predicted molar refractivity (Wildman–Crippen MR) is 134 cm³/mol. The largest absolute Gasteiger partial charge is 1.00 e. The van der Waals surface area contributed by atoms with Crippen molar-refractivity contribution >= 4 is 16.8 Å². The van der Waals surface area contributed by atoms with Crippen molar-refractivity contribution in [3.8, 4) is 0 Å². The van der Waals surface area contributed by atoms with Gasteiger partial charge in [-0.2, -0.15) is 0 Å². The Morgan fingerprint density at radius 2 is 1.16 bits per heavy atom. The molecule has 2 aromatic rings. The van der Waals surface area contributed by atoms with Crippen LogP contribution >= 0.6 is 0 Å². The first-order valence-electron chi connectivity index (χ1n) is 12.8. The molecule has 1 heterocycles. The number of primary amides is 1. The smallest absolute Gasteiger partial charge is 0.217 e. The van der Waals surface area contributed by atoms with E-state index in [1.54, 1.807) is 0 Å². The second kappa shape index (κ2) is 21.2. The number of hydrogen-bond donors (Lipinski definition) is 1. The second-order valence-electron chi connectivity index (χ2n) is 8.84. The number of aromatic nitrogens is 1. The Kier molecular flexibility index (Phi) is 20.2. The molecule has 32 heavy (non-hydrogen) atoms. The van der Waals surface area contributed by atoms with Crippen molar-refractivity contribution in [2.45, 2.75) is 110 Å². The van der Waals surface area contributed by atoms with E-state index in [0.29, 0.717) is 6.42 Å². The summed E-state index contributed by atoms with van der Waals surface area (Å²) in [6, 6.07) is 12.5. The maximum atomic E-state index is 10.6. The monoisotopic (exact) mass is 462 g/mol. The lowest BCUT2D eigenvalue weighted by Crippen LogP contribution is -3.00. The van der Waals surface area contributed by atoms with Crippen LogP contribution in [0.5, 0.6) is 0 Å². The quantitative estimate of drug-likeness (QED) is 0.291. The highest BCUT2D eigenvalue weighted by atomic mass is 35.5. The van der Waals surface area contributed by atoms with E-state index in [0.717, 1.165) is 6.42 Å². The Hall–Kier alpha value is -1.61. The van der Waals surface area contributed by atoms with Crippen molar-refractivity contribution in [2.24, 2.45) is 12.8 Å². The van der Waals surface area contributed by atoms with Crippen LogP contribution in [0.2, 0.25) is 0 Å². The Morgan fingerprint density at radius 1 is 0.719 bits per heavy atom. The molecule has 3 nitrogen and oxygen atoms in total. The first-order valence-corrected chi connectivity index (χ1v) is 12.8. The summed E-state index contributed by atoms with van der Waals surface area (Å²) in [5.41, 5.74) is 6.38. The first-order chi connectivity index (χ1) is 15.1. The van der Waals surface area contributed by atoms with Crippen LogP contribution in [0.3, 0.4) is 0 Å². The molecule has 4 heteroatoms. The van der Waals surface area contributed by atoms with E-state index in [-0.39, 0.29) is 18.3 Å². The van der Waals surface area contributed by atoms with Crippen LogP contribution < -0.4 is 22.7 Å². The Morgan fingerprint density at radius 3 is 1.62 bits per heavy atom. The van der Waals surface area contributed by atoms with Crippen LogP contribution in [0.1, 0.15) is 110 Å². The minimum Gasteiger partial charge on any atom is -1.00 e. The summed E-state index contributed by atoms with van der Waals surface area (Å²) in [7, 11) is 2.06. The number of fused-ring (bicyclic) bond motifs is 1. The minimum absolute atomic E-state index is 0. The highest BCUT2D eigenvalue weighted by molar-refractivity contribution is 5.74. The lowest BCUT2D eigenvalue weighted by molar-refractivity contribution is -0.644. The Labute approximate surface area is 203 Å². The third kappa shape index (κ3) is 16.1. The van der Waals surface area contributed by atoms with Crippen LogP contribution in [0.4, 0.5) is 0 Å². The Bertz CT molecular complexity index is 699. The fourth-order valence-corrected chi connectivity index (χ4v) is 3.98. The normalized spacial score (nSPS) is 10.3. The summed E-state index contributed by atoms with van der Waals surface area (Å²) in [5.74, 6) is -0.153. The molecule has 2 N–H and O–H groups in total. The fraction of sp³-hybridized carbons (Fsp3) is 0.643. The van der Waals surface area contributed by atoms with Crippen LogP contribution in [-0.2, 0) is 11.8 Å². The molecule has 0 saturated heterocycles. The number of rotatable bonds is 16. The zero-order valence-electron chi connectivity index (χ0n) is 20.7. The zero-order valence-corrected chi connectivity index (χ0v) is 21.4. The molecular weight excluding hydrogens is 416 g/mol. The van der Waals surface area contributed by atoms with E-state index in [4.69, 9.17) is 5.73 Å². The van der Waals surface area contributed by atoms with Crippen LogP contribution in [0, 0.1) is 0 Å². The van der Waals surface area contributed by atoms with Crippen molar-refractivity contribution in [3.63, 3.8) is 0 Å². The summed E-state index contributed by atoms with van der Waals surface area (Å²) in [5, 5.41) is 1.29. The molecule has 1 aromatic carbocycles. The molecule has 0 radical (unpaired) electrons.